The molecule has 0 spiro atoms. The van der Waals surface area contributed by atoms with Crippen LogP contribution in [0, 0.1) is 11.6 Å². The van der Waals surface area contributed by atoms with Crippen molar-refractivity contribution in [2.45, 2.75) is 52.7 Å². The van der Waals surface area contributed by atoms with Gasteiger partial charge in [0.1, 0.15) is 12.9 Å². The van der Waals surface area contributed by atoms with Gasteiger partial charge in [0.25, 0.3) is 0 Å². The molecule has 0 aliphatic rings. The smallest absolute Gasteiger partial charge is 0.238 e. The van der Waals surface area contributed by atoms with Crippen LogP contribution >= 0.6 is 0 Å². The van der Waals surface area contributed by atoms with E-state index in [4.69, 9.17) is 4.74 Å². The summed E-state index contributed by atoms with van der Waals surface area (Å²) in [7, 11) is 0. The molecular weight excluding hydrogens is 404 g/mol. The minimum atomic E-state index is -1.01. The monoisotopic (exact) mass is 427 g/mol. The average molecular weight is 427 g/mol. The van der Waals surface area contributed by atoms with E-state index < -0.39 is 11.6 Å². The van der Waals surface area contributed by atoms with E-state index in [1.165, 1.54) is 23.0 Å². The minimum absolute atomic E-state index is 0.0321. The lowest BCUT2D eigenvalue weighted by atomic mass is 9.88. The Kier molecular flexibility index (Phi) is 5.38. The predicted molar refractivity (Wildman–Crippen MR) is 109 cm³/mol. The first kappa shape index (κ1) is 20.8. The molecule has 3 heterocycles. The lowest BCUT2D eigenvalue weighted by molar-refractivity contribution is 0.267. The molecule has 0 saturated heterocycles. The number of aromatic nitrogens is 7. The summed E-state index contributed by atoms with van der Waals surface area (Å²) in [5, 5.41) is 16.8. The Bertz CT molecular complexity index is 1230. The van der Waals surface area contributed by atoms with Crippen LogP contribution in [-0.4, -0.2) is 34.6 Å². The Morgan fingerprint density at radius 2 is 1.97 bits per heavy atom. The van der Waals surface area contributed by atoms with Gasteiger partial charge in [-0.05, 0) is 24.0 Å². The highest BCUT2D eigenvalue weighted by atomic mass is 19.2. The summed E-state index contributed by atoms with van der Waals surface area (Å²) in [6.07, 6.45) is 3.94. The maximum Gasteiger partial charge on any atom is 0.238 e. The maximum absolute atomic E-state index is 14.5. The molecule has 0 atom stereocenters. The van der Waals surface area contributed by atoms with Gasteiger partial charge in [-0.15, -0.1) is 10.2 Å². The van der Waals surface area contributed by atoms with Crippen molar-refractivity contribution in [2.75, 3.05) is 0 Å². The summed E-state index contributed by atoms with van der Waals surface area (Å²) < 4.78 is 37.6. The first-order valence-corrected chi connectivity index (χ1v) is 10.00. The van der Waals surface area contributed by atoms with Crippen LogP contribution < -0.4 is 4.74 Å². The molecule has 10 heteroatoms. The third kappa shape index (κ3) is 3.85. The van der Waals surface area contributed by atoms with Crippen molar-refractivity contribution in [2.24, 2.45) is 0 Å². The number of hydrogen-bond donors (Lipinski definition) is 0. The molecule has 0 radical (unpaired) electrons. The minimum Gasteiger partial charge on any atom is -0.468 e. The summed E-state index contributed by atoms with van der Waals surface area (Å²) in [4.78, 5) is 4.26. The zero-order valence-corrected chi connectivity index (χ0v) is 17.8. The van der Waals surface area contributed by atoms with Gasteiger partial charge in [0.2, 0.25) is 5.88 Å². The molecule has 0 amide bonds. The maximum atomic E-state index is 14.5. The normalized spacial score (nSPS) is 11.9. The first-order valence-electron chi connectivity index (χ1n) is 10.00. The second-order valence-corrected chi connectivity index (χ2v) is 8.18. The zero-order valence-electron chi connectivity index (χ0n) is 17.8. The quantitative estimate of drug-likeness (QED) is 0.463. The highest BCUT2D eigenvalue weighted by Gasteiger charge is 2.28. The van der Waals surface area contributed by atoms with Gasteiger partial charge >= 0.3 is 0 Å². The standard InChI is InChI=1S/C21H23F2N7O/c1-5-9-29-16(24-12-26-29)11-31-20-17(21(2,3)4)15-10-25-27-19(30(15)28-20)13-7-6-8-14(22)18(13)23/h6-8,10,12H,5,9,11H2,1-4H3. The van der Waals surface area contributed by atoms with E-state index in [1.807, 2.05) is 20.8 Å². The van der Waals surface area contributed by atoms with Gasteiger partial charge in [0.05, 0.1) is 17.3 Å². The number of fused-ring (bicyclic) bond motifs is 1. The van der Waals surface area contributed by atoms with Gasteiger partial charge in [0, 0.05) is 12.1 Å². The number of nitrogens with zero attached hydrogens (tertiary/aromatic N) is 7. The Morgan fingerprint density at radius 1 is 1.16 bits per heavy atom. The van der Waals surface area contributed by atoms with Crippen LogP contribution in [0.2, 0.25) is 0 Å². The van der Waals surface area contributed by atoms with Gasteiger partial charge in [-0.2, -0.15) is 10.2 Å². The Labute approximate surface area is 177 Å². The van der Waals surface area contributed by atoms with Gasteiger partial charge in [-0.3, -0.25) is 0 Å². The fourth-order valence-electron chi connectivity index (χ4n) is 3.45. The Balaban J connectivity index is 1.82. The van der Waals surface area contributed by atoms with Crippen molar-refractivity contribution >= 4 is 5.52 Å². The Morgan fingerprint density at radius 3 is 2.71 bits per heavy atom. The van der Waals surface area contributed by atoms with Gasteiger partial charge in [0.15, 0.2) is 23.3 Å². The van der Waals surface area contributed by atoms with Crippen molar-refractivity contribution < 1.29 is 13.5 Å². The molecule has 0 fully saturated rings. The van der Waals surface area contributed by atoms with Crippen LogP contribution in [0.25, 0.3) is 16.9 Å². The Hall–Kier alpha value is -3.43. The van der Waals surface area contributed by atoms with Crippen molar-refractivity contribution in [1.82, 2.24) is 34.6 Å². The summed E-state index contributed by atoms with van der Waals surface area (Å²) in [5.41, 5.74) is 0.984. The van der Waals surface area contributed by atoms with Crippen molar-refractivity contribution in [3.8, 4) is 17.3 Å². The SMILES string of the molecule is CCCn1ncnc1COc1nn2c(-c3cccc(F)c3F)nncc2c1C(C)(C)C. The first-order chi connectivity index (χ1) is 14.8. The zero-order chi connectivity index (χ0) is 22.2. The molecule has 0 saturated carbocycles. The topological polar surface area (TPSA) is 83.0 Å². The van der Waals surface area contributed by atoms with Gasteiger partial charge < -0.3 is 4.74 Å². The number of hydrogen-bond acceptors (Lipinski definition) is 6. The van der Waals surface area contributed by atoms with E-state index in [0.29, 0.717) is 17.2 Å². The van der Waals surface area contributed by atoms with E-state index in [0.717, 1.165) is 24.6 Å². The molecular formula is C21H23F2N7O. The van der Waals surface area contributed by atoms with Crippen molar-refractivity contribution in [3.05, 3.63) is 53.7 Å². The van der Waals surface area contributed by atoms with Crippen LogP contribution in [0.5, 0.6) is 5.88 Å². The highest BCUT2D eigenvalue weighted by molar-refractivity contribution is 5.66. The molecule has 4 rings (SSSR count). The largest absolute Gasteiger partial charge is 0.468 e. The van der Waals surface area contributed by atoms with E-state index in [1.54, 1.807) is 10.9 Å². The highest BCUT2D eigenvalue weighted by Crippen LogP contribution is 2.36. The molecule has 0 bridgehead atoms. The van der Waals surface area contributed by atoms with Crippen LogP contribution in [0.4, 0.5) is 8.78 Å². The third-order valence-corrected chi connectivity index (χ3v) is 4.83. The van der Waals surface area contributed by atoms with E-state index in [2.05, 4.69) is 32.3 Å². The fraction of sp³-hybridized carbons (Fsp3) is 0.381. The summed E-state index contributed by atoms with van der Waals surface area (Å²) in [6.45, 7) is 8.99. The molecule has 4 aromatic rings. The number of rotatable bonds is 6. The molecule has 0 aliphatic carbocycles. The molecule has 3 aromatic heterocycles. The molecule has 0 unspecified atom stereocenters. The van der Waals surface area contributed by atoms with Crippen LogP contribution in [-0.2, 0) is 18.6 Å². The van der Waals surface area contributed by atoms with E-state index in [-0.39, 0.29) is 23.4 Å². The molecule has 8 nitrogen and oxygen atoms in total. The summed E-state index contributed by atoms with van der Waals surface area (Å²) in [6, 6.07) is 3.91. The van der Waals surface area contributed by atoms with Crippen molar-refractivity contribution in [3.63, 3.8) is 0 Å². The second kappa shape index (κ2) is 8.01. The number of benzene rings is 1. The fourth-order valence-corrected chi connectivity index (χ4v) is 3.45. The van der Waals surface area contributed by atoms with Crippen LogP contribution in [0.15, 0.2) is 30.7 Å². The van der Waals surface area contributed by atoms with Crippen molar-refractivity contribution in [1.29, 1.82) is 0 Å². The lowest BCUT2D eigenvalue weighted by Gasteiger charge is -2.19. The van der Waals surface area contributed by atoms with E-state index >= 15 is 0 Å². The number of aryl methyl sites for hydroxylation is 1. The number of ether oxygens (including phenoxy) is 1. The molecule has 162 valence electrons. The molecule has 1 aromatic carbocycles. The third-order valence-electron chi connectivity index (χ3n) is 4.83. The molecule has 31 heavy (non-hydrogen) atoms. The number of halogens is 2. The van der Waals surface area contributed by atoms with Gasteiger partial charge in [-0.25, -0.2) is 23.0 Å². The van der Waals surface area contributed by atoms with Crippen LogP contribution in [0.1, 0.15) is 45.5 Å². The second-order valence-electron chi connectivity index (χ2n) is 8.18. The molecule has 0 aliphatic heterocycles. The predicted octanol–water partition coefficient (Wildman–Crippen LogP) is 3.95. The molecule has 0 N–H and O–H groups in total. The lowest BCUT2D eigenvalue weighted by Crippen LogP contribution is -2.14. The summed E-state index contributed by atoms with van der Waals surface area (Å²) in [5.74, 6) is -0.861. The van der Waals surface area contributed by atoms with E-state index in [9.17, 15) is 8.78 Å². The summed E-state index contributed by atoms with van der Waals surface area (Å²) >= 11 is 0. The van der Waals surface area contributed by atoms with Crippen LogP contribution in [0.3, 0.4) is 0 Å². The average Bonchev–Trinajstić information content (AvgIpc) is 3.32. The van der Waals surface area contributed by atoms with Gasteiger partial charge in [-0.1, -0.05) is 33.8 Å².